The van der Waals surface area contributed by atoms with E-state index in [4.69, 9.17) is 23.7 Å². The van der Waals surface area contributed by atoms with Crippen molar-refractivity contribution in [3.8, 4) is 27.7 Å². The van der Waals surface area contributed by atoms with Crippen LogP contribution in [0.25, 0.3) is 20.5 Å². The van der Waals surface area contributed by atoms with Crippen LogP contribution in [0.4, 0.5) is 4.39 Å². The van der Waals surface area contributed by atoms with Crippen LogP contribution in [0.2, 0.25) is 0 Å². The maximum atomic E-state index is 13.6. The molecule has 44 heavy (non-hydrogen) atoms. The highest BCUT2D eigenvalue weighted by Gasteiger charge is 2.23. The van der Waals surface area contributed by atoms with Crippen molar-refractivity contribution in [3.05, 3.63) is 78.1 Å². The monoisotopic (exact) mass is 621 g/mol. The minimum Gasteiger partial charge on any atom is -0.492 e. The Balaban J connectivity index is 1.07. The van der Waals surface area contributed by atoms with Crippen LogP contribution >= 0.6 is 11.3 Å². The normalized spacial score (nSPS) is 15.5. The van der Waals surface area contributed by atoms with Gasteiger partial charge in [-0.15, -0.1) is 11.3 Å². The molecule has 1 fully saturated rings. The number of hydrogen-bond donors (Lipinski definition) is 0. The average Bonchev–Trinajstić information content (AvgIpc) is 3.57. The summed E-state index contributed by atoms with van der Waals surface area (Å²) >= 11 is 1.64. The topological polar surface area (TPSA) is 66.5 Å². The highest BCUT2D eigenvalue weighted by atomic mass is 32.1. The van der Waals surface area contributed by atoms with Crippen molar-refractivity contribution in [1.29, 1.82) is 0 Å². The Bertz CT molecular complexity index is 1530. The number of hydrogen-bond acceptors (Lipinski definition) is 8. The fraction of sp³-hybridized carbons (Fsp3) is 0.400. The molecule has 1 atom stereocenters. The number of ether oxygens (including phenoxy) is 5. The molecule has 2 heterocycles. The van der Waals surface area contributed by atoms with Gasteiger partial charge in [-0.3, -0.25) is 4.90 Å². The lowest BCUT2D eigenvalue weighted by atomic mass is 10.1. The molecule has 0 spiro atoms. The number of likely N-dealkylation sites (tertiary alicyclic amines) is 1. The van der Waals surface area contributed by atoms with Crippen LogP contribution in [0.15, 0.2) is 66.7 Å². The standard InChI is InChI=1S/C35H40FNO6S/c1-24-5-14-30-31(21-24)44-34(25-6-8-26(36)9-7-25)33(30)42-28-12-10-27(11-13-28)40-18-17-37-16-15-29(22-37)41-20-19-39-23-32(38)43-35(2,3)4/h5-14,21,29H,15-20,22-23H2,1-4H3/t29-/m1/s1. The van der Waals surface area contributed by atoms with Gasteiger partial charge in [0.15, 0.2) is 5.75 Å². The zero-order valence-electron chi connectivity index (χ0n) is 25.8. The number of nitrogens with zero attached hydrogens (tertiary/aromatic N) is 1. The van der Waals surface area contributed by atoms with Crippen LogP contribution in [0, 0.1) is 12.7 Å². The molecular formula is C35H40FNO6S. The molecule has 1 aliphatic rings. The molecule has 7 nitrogen and oxygen atoms in total. The van der Waals surface area contributed by atoms with E-state index in [-0.39, 0.29) is 24.5 Å². The summed E-state index contributed by atoms with van der Waals surface area (Å²) in [6, 6.07) is 20.5. The molecule has 0 aliphatic carbocycles. The highest BCUT2D eigenvalue weighted by molar-refractivity contribution is 7.22. The van der Waals surface area contributed by atoms with Crippen molar-refractivity contribution in [2.24, 2.45) is 0 Å². The van der Waals surface area contributed by atoms with Crippen LogP contribution in [0.3, 0.4) is 0 Å². The van der Waals surface area contributed by atoms with Gasteiger partial charge in [0.25, 0.3) is 0 Å². The Hall–Kier alpha value is -3.50. The molecule has 3 aromatic carbocycles. The molecule has 0 radical (unpaired) electrons. The number of rotatable bonds is 13. The quantitative estimate of drug-likeness (QED) is 0.112. The van der Waals surface area contributed by atoms with Gasteiger partial charge in [-0.05, 0) is 93.8 Å². The van der Waals surface area contributed by atoms with Crippen molar-refractivity contribution >= 4 is 27.4 Å². The predicted molar refractivity (Wildman–Crippen MR) is 171 cm³/mol. The first-order chi connectivity index (χ1) is 21.1. The van der Waals surface area contributed by atoms with Gasteiger partial charge >= 0.3 is 5.97 Å². The SMILES string of the molecule is Cc1ccc2c(Oc3ccc(OCCN4CC[C@@H](OCCOCC(=O)OC(C)(C)C)C4)cc3)c(-c3ccc(F)cc3)sc2c1. The Morgan fingerprint density at radius 2 is 1.73 bits per heavy atom. The molecule has 0 amide bonds. The van der Waals surface area contributed by atoms with Crippen molar-refractivity contribution in [3.63, 3.8) is 0 Å². The van der Waals surface area contributed by atoms with E-state index in [0.29, 0.717) is 25.6 Å². The van der Waals surface area contributed by atoms with E-state index >= 15 is 0 Å². The Labute approximate surface area is 262 Å². The van der Waals surface area contributed by atoms with Crippen molar-refractivity contribution < 1.29 is 32.9 Å². The van der Waals surface area contributed by atoms with Gasteiger partial charge in [-0.25, -0.2) is 9.18 Å². The molecule has 5 rings (SSSR count). The average molecular weight is 622 g/mol. The second-order valence-electron chi connectivity index (χ2n) is 11.9. The number of halogens is 1. The number of thiophene rings is 1. The Kier molecular flexibility index (Phi) is 10.5. The molecule has 234 valence electrons. The first kappa shape index (κ1) is 31.9. The molecule has 1 aliphatic heterocycles. The summed E-state index contributed by atoms with van der Waals surface area (Å²) in [6.45, 7) is 11.5. The van der Waals surface area contributed by atoms with Gasteiger partial charge < -0.3 is 23.7 Å². The lowest BCUT2D eigenvalue weighted by Crippen LogP contribution is -2.29. The number of aryl methyl sites for hydroxylation is 1. The Morgan fingerprint density at radius 1 is 0.977 bits per heavy atom. The number of carbonyl (C=O) groups excluding carboxylic acids is 1. The van der Waals surface area contributed by atoms with Crippen molar-refractivity contribution in [2.45, 2.75) is 45.8 Å². The summed E-state index contributed by atoms with van der Waals surface area (Å²) in [5, 5.41) is 1.03. The summed E-state index contributed by atoms with van der Waals surface area (Å²) in [6.07, 6.45) is 1.10. The van der Waals surface area contributed by atoms with Gasteiger partial charge in [-0.1, -0.05) is 18.2 Å². The molecule has 0 bridgehead atoms. The van der Waals surface area contributed by atoms with E-state index in [9.17, 15) is 9.18 Å². The maximum Gasteiger partial charge on any atom is 0.332 e. The highest BCUT2D eigenvalue weighted by Crippen LogP contribution is 2.46. The lowest BCUT2D eigenvalue weighted by molar-refractivity contribution is -0.160. The van der Waals surface area contributed by atoms with E-state index < -0.39 is 5.60 Å². The van der Waals surface area contributed by atoms with E-state index in [1.807, 2.05) is 45.0 Å². The summed E-state index contributed by atoms with van der Waals surface area (Å²) in [5.41, 5.74) is 1.58. The zero-order valence-corrected chi connectivity index (χ0v) is 26.6. The molecule has 1 aromatic heterocycles. The minimum absolute atomic E-state index is 0.0660. The van der Waals surface area contributed by atoms with Crippen molar-refractivity contribution in [2.75, 3.05) is 46.1 Å². The van der Waals surface area contributed by atoms with Crippen LogP contribution in [-0.4, -0.2) is 68.6 Å². The molecule has 1 saturated heterocycles. The van der Waals surface area contributed by atoms with Gasteiger partial charge in [0.2, 0.25) is 0 Å². The van der Waals surface area contributed by atoms with Gasteiger partial charge in [0, 0.05) is 29.7 Å². The van der Waals surface area contributed by atoms with Crippen LogP contribution in [0.5, 0.6) is 17.2 Å². The molecule has 0 saturated carbocycles. The third-order valence-electron chi connectivity index (χ3n) is 7.08. The first-order valence-electron chi connectivity index (χ1n) is 15.0. The number of esters is 1. The molecule has 0 unspecified atom stereocenters. The summed E-state index contributed by atoms with van der Waals surface area (Å²) in [4.78, 5) is 15.0. The minimum atomic E-state index is -0.511. The molecule has 9 heteroatoms. The summed E-state index contributed by atoms with van der Waals surface area (Å²) in [5.74, 6) is 1.62. The molecule has 4 aromatic rings. The third-order valence-corrected chi connectivity index (χ3v) is 8.26. The van der Waals surface area contributed by atoms with E-state index in [1.165, 1.54) is 17.7 Å². The first-order valence-corrected chi connectivity index (χ1v) is 15.8. The molecular weight excluding hydrogens is 581 g/mol. The van der Waals surface area contributed by atoms with Gasteiger partial charge in [-0.2, -0.15) is 0 Å². The molecule has 0 N–H and O–H groups in total. The van der Waals surface area contributed by atoms with E-state index in [2.05, 4.69) is 30.0 Å². The van der Waals surface area contributed by atoms with Crippen LogP contribution in [0.1, 0.15) is 32.8 Å². The summed E-state index contributed by atoms with van der Waals surface area (Å²) < 4.78 is 43.7. The van der Waals surface area contributed by atoms with Gasteiger partial charge in [0.05, 0.1) is 24.2 Å². The zero-order chi connectivity index (χ0) is 31.1. The number of fused-ring (bicyclic) bond motifs is 1. The van der Waals surface area contributed by atoms with Crippen LogP contribution < -0.4 is 9.47 Å². The fourth-order valence-electron chi connectivity index (χ4n) is 5.02. The van der Waals surface area contributed by atoms with E-state index in [1.54, 1.807) is 23.5 Å². The van der Waals surface area contributed by atoms with E-state index in [0.717, 1.165) is 58.1 Å². The van der Waals surface area contributed by atoms with Gasteiger partial charge in [0.1, 0.15) is 36.1 Å². The van der Waals surface area contributed by atoms with Crippen LogP contribution in [-0.2, 0) is 19.0 Å². The van der Waals surface area contributed by atoms with Crippen molar-refractivity contribution in [1.82, 2.24) is 4.90 Å². The number of carbonyl (C=O) groups is 1. The second kappa shape index (κ2) is 14.5. The number of benzene rings is 3. The third kappa shape index (κ3) is 9.01. The second-order valence-corrected chi connectivity index (χ2v) is 13.0. The predicted octanol–water partition coefficient (Wildman–Crippen LogP) is 7.64. The largest absolute Gasteiger partial charge is 0.492 e. The summed E-state index contributed by atoms with van der Waals surface area (Å²) in [7, 11) is 0. The Morgan fingerprint density at radius 3 is 2.48 bits per heavy atom. The smallest absolute Gasteiger partial charge is 0.332 e. The lowest BCUT2D eigenvalue weighted by Gasteiger charge is -2.19. The maximum absolute atomic E-state index is 13.6. The fourth-order valence-corrected chi connectivity index (χ4v) is 6.26.